The largest absolute Gasteiger partial charge is 0.416 e. The lowest BCUT2D eigenvalue weighted by Crippen LogP contribution is -2.47. The Balaban J connectivity index is 5.45. The van der Waals surface area contributed by atoms with Crippen LogP contribution in [0.4, 0.5) is 13.2 Å². The van der Waals surface area contributed by atoms with Crippen LogP contribution in [0.25, 0.3) is 0 Å². The maximum Gasteiger partial charge on any atom is 0.416 e. The Labute approximate surface area is 119 Å². The molecule has 1 unspecified atom stereocenters. The van der Waals surface area contributed by atoms with Crippen molar-refractivity contribution in [2.45, 2.75) is 51.3 Å². The topological polar surface area (TPSA) is 64.6 Å². The molecular weight excluding hydrogens is 318 g/mol. The van der Waals surface area contributed by atoms with Crippen molar-refractivity contribution < 1.29 is 31.0 Å². The fourth-order valence-corrected chi connectivity index (χ4v) is 4.08. The van der Waals surface area contributed by atoms with Crippen LogP contribution in [0.3, 0.4) is 0 Å². The molecule has 0 rings (SSSR count). The summed E-state index contributed by atoms with van der Waals surface area (Å²) in [7, 11) is -6.57. The molecule has 5 nitrogen and oxygen atoms in total. The van der Waals surface area contributed by atoms with E-state index in [1.807, 2.05) is 4.72 Å². The lowest BCUT2D eigenvalue weighted by Gasteiger charge is -2.30. The molecule has 0 aromatic carbocycles. The van der Waals surface area contributed by atoms with Gasteiger partial charge in [-0.1, -0.05) is 0 Å². The summed E-state index contributed by atoms with van der Waals surface area (Å²) in [6.07, 6.45) is -4.92. The molecule has 0 aliphatic heterocycles. The molecule has 0 spiro atoms. The highest BCUT2D eigenvalue weighted by Crippen LogP contribution is 2.57. The smallest absolute Gasteiger partial charge is 0.308 e. The van der Waals surface area contributed by atoms with E-state index in [1.54, 1.807) is 0 Å². The quantitative estimate of drug-likeness (QED) is 0.724. The summed E-state index contributed by atoms with van der Waals surface area (Å²) in [6.45, 7) is 6.86. The van der Waals surface area contributed by atoms with E-state index in [0.29, 0.717) is 0 Å². The van der Waals surface area contributed by atoms with Crippen LogP contribution < -0.4 is 4.72 Å². The number of halogens is 3. The second-order valence-electron chi connectivity index (χ2n) is 4.82. The lowest BCUT2D eigenvalue weighted by atomic mass is 10.3. The first kappa shape index (κ1) is 20.1. The molecule has 0 aliphatic rings. The van der Waals surface area contributed by atoms with Crippen molar-refractivity contribution in [3.63, 3.8) is 0 Å². The highest BCUT2D eigenvalue weighted by atomic mass is 32.2. The van der Waals surface area contributed by atoms with Crippen molar-refractivity contribution in [2.75, 3.05) is 13.2 Å². The van der Waals surface area contributed by atoms with E-state index in [1.165, 1.54) is 34.6 Å². The summed E-state index contributed by atoms with van der Waals surface area (Å²) < 4.78 is 73.6. The van der Waals surface area contributed by atoms with E-state index >= 15 is 0 Å². The first-order chi connectivity index (χ1) is 8.88. The van der Waals surface area contributed by atoms with Gasteiger partial charge in [-0.2, -0.15) is 13.2 Å². The number of rotatable bonds is 7. The van der Waals surface area contributed by atoms with Crippen LogP contribution in [0.1, 0.15) is 34.6 Å². The lowest BCUT2D eigenvalue weighted by molar-refractivity contribution is -0.137. The van der Waals surface area contributed by atoms with Crippen molar-refractivity contribution in [1.29, 1.82) is 0 Å². The van der Waals surface area contributed by atoms with Crippen molar-refractivity contribution in [1.82, 2.24) is 4.72 Å². The fraction of sp³-hybridized carbons (Fsp3) is 1.00. The molecule has 0 aromatic heterocycles. The molecule has 0 bridgehead atoms. The summed E-state index contributed by atoms with van der Waals surface area (Å²) >= 11 is 0. The molecule has 10 heteroatoms. The minimum atomic E-state index is -4.92. The van der Waals surface area contributed by atoms with Crippen molar-refractivity contribution in [3.8, 4) is 0 Å². The Morgan fingerprint density at radius 2 is 1.55 bits per heavy atom. The molecule has 0 saturated heterocycles. The molecule has 0 aromatic rings. The minimum absolute atomic E-state index is 0.215. The molecule has 1 N–H and O–H groups in total. The van der Waals surface area contributed by atoms with Crippen molar-refractivity contribution in [2.24, 2.45) is 0 Å². The van der Waals surface area contributed by atoms with Gasteiger partial charge in [0.15, 0.2) is 0 Å². The third-order valence-electron chi connectivity index (χ3n) is 2.02. The first-order valence-corrected chi connectivity index (χ1v) is 8.78. The number of alkyl halides is 3. The fourth-order valence-electron chi connectivity index (χ4n) is 1.14. The molecule has 2 atom stereocenters. The van der Waals surface area contributed by atoms with Gasteiger partial charge in [-0.25, -0.2) is 8.93 Å². The predicted octanol–water partition coefficient (Wildman–Crippen LogP) is 3.19. The Bertz CT molecular complexity index is 374. The van der Waals surface area contributed by atoms with E-state index in [2.05, 4.69) is 9.05 Å². The summed E-state index contributed by atoms with van der Waals surface area (Å²) in [6, 6.07) is 0. The predicted molar refractivity (Wildman–Crippen MR) is 71.7 cm³/mol. The number of nitrogens with one attached hydrogen (secondary N) is 1. The van der Waals surface area contributed by atoms with Gasteiger partial charge >= 0.3 is 13.8 Å². The molecular formula is C10H21F3NO4PS. The summed E-state index contributed by atoms with van der Waals surface area (Å²) in [5.41, 5.74) is 0. The first-order valence-electron chi connectivity index (χ1n) is 6.02. The van der Waals surface area contributed by atoms with Gasteiger partial charge in [0.05, 0.1) is 28.9 Å². The Morgan fingerprint density at radius 1 is 1.15 bits per heavy atom. The monoisotopic (exact) mass is 339 g/mol. The van der Waals surface area contributed by atoms with Gasteiger partial charge < -0.3 is 9.05 Å². The maximum atomic E-state index is 13.1. The van der Waals surface area contributed by atoms with Gasteiger partial charge in [-0.05, 0) is 34.6 Å². The standard InChI is InChI=1S/C10H21F3NO4PS/c1-6-17-19(15,18-7-2)8(10(11,12)13)14-20(16)9(3,4)5/h8,14H,6-7H2,1-5H3/t8-,20?/m0/s1. The van der Waals surface area contributed by atoms with E-state index in [4.69, 9.17) is 0 Å². The number of hydrogen-bond donors (Lipinski definition) is 1. The highest BCUT2D eigenvalue weighted by molar-refractivity contribution is 7.84. The van der Waals surface area contributed by atoms with Crippen LogP contribution in [0, 0.1) is 0 Å². The van der Waals surface area contributed by atoms with Crippen LogP contribution in [0.2, 0.25) is 0 Å². The zero-order valence-electron chi connectivity index (χ0n) is 12.1. The third-order valence-corrected chi connectivity index (χ3v) is 6.05. The van der Waals surface area contributed by atoms with Gasteiger partial charge in [0.1, 0.15) is 0 Å². The van der Waals surface area contributed by atoms with E-state index in [0.717, 1.165) is 0 Å². The molecule has 0 heterocycles. The average Bonchev–Trinajstić information content (AvgIpc) is 2.22. The second-order valence-corrected chi connectivity index (χ2v) is 8.93. The summed E-state index contributed by atoms with van der Waals surface area (Å²) in [5, 5.41) is 0. The van der Waals surface area contributed by atoms with E-state index in [-0.39, 0.29) is 13.2 Å². The summed E-state index contributed by atoms with van der Waals surface area (Å²) in [4.78, 5) is 0. The molecule has 0 amide bonds. The normalized spacial score (nSPS) is 17.0. The second kappa shape index (κ2) is 7.35. The minimum Gasteiger partial charge on any atom is -0.308 e. The van der Waals surface area contributed by atoms with Crippen LogP contribution in [-0.2, 0) is 24.6 Å². The zero-order valence-corrected chi connectivity index (χ0v) is 13.8. The molecule has 0 saturated carbocycles. The third kappa shape index (κ3) is 5.81. The Morgan fingerprint density at radius 3 is 1.80 bits per heavy atom. The van der Waals surface area contributed by atoms with Gasteiger partial charge in [-0.3, -0.25) is 4.57 Å². The van der Waals surface area contributed by atoms with E-state index in [9.17, 15) is 21.9 Å². The Kier molecular flexibility index (Phi) is 7.37. The van der Waals surface area contributed by atoms with Crippen molar-refractivity contribution in [3.05, 3.63) is 0 Å². The van der Waals surface area contributed by atoms with Gasteiger partial charge in [0.2, 0.25) is 5.78 Å². The molecule has 0 radical (unpaired) electrons. The molecule has 20 heavy (non-hydrogen) atoms. The van der Waals surface area contributed by atoms with Gasteiger partial charge in [0, 0.05) is 0 Å². The van der Waals surface area contributed by atoms with Gasteiger partial charge in [0.25, 0.3) is 0 Å². The zero-order chi connectivity index (χ0) is 16.2. The van der Waals surface area contributed by atoms with Crippen LogP contribution >= 0.6 is 7.60 Å². The van der Waals surface area contributed by atoms with Crippen LogP contribution in [0.5, 0.6) is 0 Å². The summed E-state index contributed by atoms with van der Waals surface area (Å²) in [5.74, 6) is -2.63. The van der Waals surface area contributed by atoms with Crippen molar-refractivity contribution >= 4 is 18.6 Å². The van der Waals surface area contributed by atoms with Gasteiger partial charge in [-0.15, -0.1) is 0 Å². The number of hydrogen-bond acceptors (Lipinski definition) is 4. The average molecular weight is 339 g/mol. The van der Waals surface area contributed by atoms with Crippen LogP contribution in [0.15, 0.2) is 0 Å². The SMILES string of the molecule is CCOP(=O)(OCC)[C@H](NS(=O)C(C)(C)C)C(F)(F)F. The van der Waals surface area contributed by atoms with Crippen LogP contribution in [-0.4, -0.2) is 34.1 Å². The molecule has 122 valence electrons. The highest BCUT2D eigenvalue weighted by Gasteiger charge is 2.55. The molecule has 0 fully saturated rings. The van der Waals surface area contributed by atoms with E-state index < -0.39 is 35.3 Å². The Hall–Kier alpha value is 0.0500. The maximum absolute atomic E-state index is 13.1. The molecule has 0 aliphatic carbocycles.